The van der Waals surface area contributed by atoms with Crippen molar-refractivity contribution in [2.45, 2.75) is 38.3 Å². The second kappa shape index (κ2) is 9.17. The fraction of sp³-hybridized carbons (Fsp3) is 0.417. The first-order valence-electron chi connectivity index (χ1n) is 11.6. The van der Waals surface area contributed by atoms with E-state index in [0.29, 0.717) is 6.04 Å². The number of thiazole rings is 1. The summed E-state index contributed by atoms with van der Waals surface area (Å²) in [6.45, 7) is 4.84. The molecule has 33 heavy (non-hydrogen) atoms. The second-order valence-electron chi connectivity index (χ2n) is 8.73. The summed E-state index contributed by atoms with van der Waals surface area (Å²) in [5.74, 6) is 1.56. The predicted molar refractivity (Wildman–Crippen MR) is 130 cm³/mol. The molecule has 0 spiro atoms. The van der Waals surface area contributed by atoms with Gasteiger partial charge < -0.3 is 10.1 Å². The van der Waals surface area contributed by atoms with E-state index in [0.717, 1.165) is 83.8 Å². The number of fused-ring (bicyclic) bond motifs is 1. The minimum atomic E-state index is 0.410. The van der Waals surface area contributed by atoms with Crippen molar-refractivity contribution in [1.82, 2.24) is 29.6 Å². The van der Waals surface area contributed by atoms with Crippen LogP contribution in [0.3, 0.4) is 0 Å². The van der Waals surface area contributed by atoms with Gasteiger partial charge in [-0.3, -0.25) is 9.58 Å². The van der Waals surface area contributed by atoms with E-state index in [1.807, 2.05) is 24.5 Å². The Hall–Kier alpha value is -2.88. The van der Waals surface area contributed by atoms with Crippen molar-refractivity contribution >= 4 is 33.2 Å². The molecule has 2 aliphatic rings. The van der Waals surface area contributed by atoms with Crippen LogP contribution in [0.25, 0.3) is 20.8 Å². The monoisotopic (exact) mass is 461 g/mol. The van der Waals surface area contributed by atoms with Crippen LogP contribution in [0.2, 0.25) is 0 Å². The highest BCUT2D eigenvalue weighted by Gasteiger charge is 2.18. The average molecular weight is 462 g/mol. The summed E-state index contributed by atoms with van der Waals surface area (Å²) in [6.07, 6.45) is 10.5. The lowest BCUT2D eigenvalue weighted by atomic mass is 10.1. The lowest BCUT2D eigenvalue weighted by Crippen LogP contribution is -2.19. The van der Waals surface area contributed by atoms with Crippen LogP contribution in [0.15, 0.2) is 42.9 Å². The van der Waals surface area contributed by atoms with Crippen LogP contribution in [0.5, 0.6) is 0 Å². The standard InChI is InChI=1S/C24H27N7OS/c1-2-9-30(8-1)16-18-4-3-5-22(27-18)29-23-12-20-21(14-25-23)33-24(28-20)17-13-26-31(15-17)19-6-10-32-11-7-19/h3-5,12-15,19H,1-2,6-11,16H2,(H,25,27,29). The van der Waals surface area contributed by atoms with Crippen LogP contribution in [-0.4, -0.2) is 55.9 Å². The Morgan fingerprint density at radius 3 is 2.82 bits per heavy atom. The zero-order valence-corrected chi connectivity index (χ0v) is 19.3. The van der Waals surface area contributed by atoms with E-state index >= 15 is 0 Å². The molecule has 2 aliphatic heterocycles. The molecule has 0 radical (unpaired) electrons. The quantitative estimate of drug-likeness (QED) is 0.448. The average Bonchev–Trinajstić information content (AvgIpc) is 3.60. The first-order valence-corrected chi connectivity index (χ1v) is 12.5. The molecule has 0 unspecified atom stereocenters. The summed E-state index contributed by atoms with van der Waals surface area (Å²) in [4.78, 5) is 16.7. The van der Waals surface area contributed by atoms with Crippen LogP contribution in [-0.2, 0) is 11.3 Å². The van der Waals surface area contributed by atoms with Gasteiger partial charge in [0.1, 0.15) is 16.6 Å². The lowest BCUT2D eigenvalue weighted by molar-refractivity contribution is 0.0662. The number of ether oxygens (including phenoxy) is 1. The molecule has 1 N–H and O–H groups in total. The summed E-state index contributed by atoms with van der Waals surface area (Å²) in [7, 11) is 0. The summed E-state index contributed by atoms with van der Waals surface area (Å²) in [5, 5.41) is 8.91. The lowest BCUT2D eigenvalue weighted by Gasteiger charge is -2.22. The van der Waals surface area contributed by atoms with E-state index in [2.05, 4.69) is 43.3 Å². The van der Waals surface area contributed by atoms with Crippen molar-refractivity contribution in [2.24, 2.45) is 0 Å². The molecule has 0 saturated carbocycles. The Bertz CT molecular complexity index is 1240. The number of hydrogen-bond donors (Lipinski definition) is 1. The van der Waals surface area contributed by atoms with Gasteiger partial charge in [-0.15, -0.1) is 11.3 Å². The van der Waals surface area contributed by atoms with E-state index in [1.54, 1.807) is 11.3 Å². The van der Waals surface area contributed by atoms with E-state index in [-0.39, 0.29) is 0 Å². The number of nitrogens with one attached hydrogen (secondary N) is 1. The van der Waals surface area contributed by atoms with Gasteiger partial charge in [-0.05, 0) is 50.9 Å². The van der Waals surface area contributed by atoms with Gasteiger partial charge in [0, 0.05) is 43.8 Å². The summed E-state index contributed by atoms with van der Waals surface area (Å²) >= 11 is 1.64. The van der Waals surface area contributed by atoms with Crippen LogP contribution < -0.4 is 5.32 Å². The van der Waals surface area contributed by atoms with Crippen molar-refractivity contribution in [1.29, 1.82) is 0 Å². The number of aromatic nitrogens is 5. The molecule has 6 rings (SSSR count). The molecule has 4 aromatic heterocycles. The highest BCUT2D eigenvalue weighted by atomic mass is 32.1. The van der Waals surface area contributed by atoms with Crippen molar-refractivity contribution in [3.8, 4) is 10.6 Å². The number of hydrogen-bond acceptors (Lipinski definition) is 8. The minimum absolute atomic E-state index is 0.410. The van der Waals surface area contributed by atoms with Gasteiger partial charge >= 0.3 is 0 Å². The molecule has 2 saturated heterocycles. The maximum absolute atomic E-state index is 5.47. The number of pyridine rings is 2. The van der Waals surface area contributed by atoms with Crippen molar-refractivity contribution < 1.29 is 4.74 Å². The molecule has 8 nitrogen and oxygen atoms in total. The Morgan fingerprint density at radius 1 is 1.06 bits per heavy atom. The SMILES string of the molecule is c1cc(CN2CCCC2)nc(Nc2cc3nc(-c4cnn(C5CCOCC5)c4)sc3cn2)c1. The molecule has 0 aliphatic carbocycles. The predicted octanol–water partition coefficient (Wildman–Crippen LogP) is 4.64. The van der Waals surface area contributed by atoms with E-state index in [1.165, 1.54) is 12.8 Å². The molecule has 0 atom stereocenters. The molecular weight excluding hydrogens is 434 g/mol. The number of rotatable bonds is 6. The third kappa shape index (κ3) is 4.62. The Labute approximate surface area is 196 Å². The van der Waals surface area contributed by atoms with Gasteiger partial charge in [-0.2, -0.15) is 5.10 Å². The van der Waals surface area contributed by atoms with Crippen LogP contribution >= 0.6 is 11.3 Å². The largest absolute Gasteiger partial charge is 0.381 e. The van der Waals surface area contributed by atoms with Gasteiger partial charge in [0.15, 0.2) is 0 Å². The maximum Gasteiger partial charge on any atom is 0.133 e. The van der Waals surface area contributed by atoms with Crippen molar-refractivity contribution in [3.63, 3.8) is 0 Å². The first kappa shape index (κ1) is 20.7. The molecule has 0 aromatic carbocycles. The topological polar surface area (TPSA) is 81.0 Å². The summed E-state index contributed by atoms with van der Waals surface area (Å²) < 4.78 is 8.60. The second-order valence-corrected chi connectivity index (χ2v) is 9.76. The fourth-order valence-electron chi connectivity index (χ4n) is 4.56. The highest BCUT2D eigenvalue weighted by Crippen LogP contribution is 2.32. The normalized spacial score (nSPS) is 17.7. The zero-order chi connectivity index (χ0) is 22.0. The van der Waals surface area contributed by atoms with E-state index in [4.69, 9.17) is 14.7 Å². The molecule has 9 heteroatoms. The first-order chi connectivity index (χ1) is 16.3. The Kier molecular flexibility index (Phi) is 5.75. The maximum atomic E-state index is 5.47. The van der Waals surface area contributed by atoms with Crippen LogP contribution in [0.4, 0.5) is 11.6 Å². The van der Waals surface area contributed by atoms with E-state index in [9.17, 15) is 0 Å². The molecule has 170 valence electrons. The third-order valence-electron chi connectivity index (χ3n) is 6.34. The van der Waals surface area contributed by atoms with Crippen molar-refractivity contribution in [2.75, 3.05) is 31.6 Å². The van der Waals surface area contributed by atoms with Crippen LogP contribution in [0.1, 0.15) is 37.4 Å². The van der Waals surface area contributed by atoms with Gasteiger partial charge in [0.25, 0.3) is 0 Å². The number of likely N-dealkylation sites (tertiary alicyclic amines) is 1. The Morgan fingerprint density at radius 2 is 1.94 bits per heavy atom. The summed E-state index contributed by atoms with van der Waals surface area (Å²) in [6, 6.07) is 8.53. The molecule has 6 heterocycles. The smallest absolute Gasteiger partial charge is 0.133 e. The van der Waals surface area contributed by atoms with E-state index < -0.39 is 0 Å². The number of nitrogens with zero attached hydrogens (tertiary/aromatic N) is 6. The minimum Gasteiger partial charge on any atom is -0.381 e. The summed E-state index contributed by atoms with van der Waals surface area (Å²) in [5.41, 5.74) is 3.06. The molecule has 0 amide bonds. The fourth-order valence-corrected chi connectivity index (χ4v) is 5.45. The third-order valence-corrected chi connectivity index (χ3v) is 7.39. The van der Waals surface area contributed by atoms with Gasteiger partial charge in [0.2, 0.25) is 0 Å². The van der Waals surface area contributed by atoms with Gasteiger partial charge in [-0.25, -0.2) is 15.0 Å². The molecule has 0 bridgehead atoms. The van der Waals surface area contributed by atoms with Gasteiger partial charge in [0.05, 0.1) is 28.1 Å². The van der Waals surface area contributed by atoms with Crippen molar-refractivity contribution in [3.05, 3.63) is 48.5 Å². The number of anilines is 2. The molecule has 2 fully saturated rings. The Balaban J connectivity index is 1.18. The molecule has 4 aromatic rings. The zero-order valence-electron chi connectivity index (χ0n) is 18.5. The van der Waals surface area contributed by atoms with Crippen LogP contribution in [0, 0.1) is 0 Å². The van der Waals surface area contributed by atoms with Gasteiger partial charge in [-0.1, -0.05) is 6.07 Å². The highest BCUT2D eigenvalue weighted by molar-refractivity contribution is 7.21. The molecular formula is C24H27N7OS.